The van der Waals surface area contributed by atoms with Gasteiger partial charge in [0.25, 0.3) is 0 Å². The van der Waals surface area contributed by atoms with Crippen LogP contribution in [0.25, 0.3) is 0 Å². The molecule has 0 aliphatic carbocycles. The summed E-state index contributed by atoms with van der Waals surface area (Å²) in [6.07, 6.45) is 19.2. The fraction of sp³-hybridized carbons (Fsp3) is 0.629. The van der Waals surface area contributed by atoms with Crippen LogP contribution in [-0.2, 0) is 14.9 Å². The van der Waals surface area contributed by atoms with Gasteiger partial charge in [0, 0.05) is 11.8 Å². The lowest BCUT2D eigenvalue weighted by molar-refractivity contribution is -0.144. The maximum atomic E-state index is 12.6. The summed E-state index contributed by atoms with van der Waals surface area (Å²) in [7, 11) is 0. The first-order valence-electron chi connectivity index (χ1n) is 15.5. The van der Waals surface area contributed by atoms with Crippen LogP contribution < -0.4 is 0 Å². The second kappa shape index (κ2) is 18.0. The van der Waals surface area contributed by atoms with Crippen molar-refractivity contribution in [3.63, 3.8) is 0 Å². The number of hydrogen-bond acceptors (Lipinski definition) is 4. The number of unbranched alkanes of at least 4 members (excludes halogenated alkanes) is 13. The topological polar surface area (TPSA) is 66.8 Å². The van der Waals surface area contributed by atoms with E-state index < -0.39 is 5.41 Å². The van der Waals surface area contributed by atoms with Crippen LogP contribution in [-0.4, -0.2) is 22.8 Å². The van der Waals surface area contributed by atoms with Gasteiger partial charge in [-0.2, -0.15) is 0 Å². The number of aryl methyl sites for hydroxylation is 2. The van der Waals surface area contributed by atoms with E-state index in [-0.39, 0.29) is 17.5 Å². The standard InChI is InChI=1S/C35H54O4/c1-5-6-7-8-9-10-11-12-13-14-15-16-17-18-25-39-34(38)23-24-35(4,30-19-21-32(36)28(2)26-30)31-20-22-33(37)29(3)27-31/h19-22,26-27,36-37H,5-18,23-25H2,1-4H3. The SMILES string of the molecule is CCCCCCCCCCCCCCCCOC(=O)CCC(C)(c1ccc(O)c(C)c1)c1ccc(O)c(C)c1. The number of carbonyl (C=O) groups is 1. The molecule has 2 N–H and O–H groups in total. The Morgan fingerprint density at radius 1 is 0.692 bits per heavy atom. The van der Waals surface area contributed by atoms with Crippen molar-refractivity contribution in [2.75, 3.05) is 6.61 Å². The molecule has 0 aliphatic heterocycles. The smallest absolute Gasteiger partial charge is 0.305 e. The fourth-order valence-electron chi connectivity index (χ4n) is 5.36. The molecule has 0 spiro atoms. The third-order valence-corrected chi connectivity index (χ3v) is 8.26. The predicted molar refractivity (Wildman–Crippen MR) is 163 cm³/mol. The van der Waals surface area contributed by atoms with Crippen LogP contribution in [0.5, 0.6) is 11.5 Å². The van der Waals surface area contributed by atoms with Gasteiger partial charge < -0.3 is 14.9 Å². The highest BCUT2D eigenvalue weighted by atomic mass is 16.5. The maximum absolute atomic E-state index is 12.6. The Labute approximate surface area is 238 Å². The Morgan fingerprint density at radius 2 is 1.10 bits per heavy atom. The van der Waals surface area contributed by atoms with E-state index in [0.717, 1.165) is 35.1 Å². The number of ether oxygens (including phenoxy) is 1. The van der Waals surface area contributed by atoms with E-state index in [0.29, 0.717) is 19.4 Å². The van der Waals surface area contributed by atoms with Gasteiger partial charge in [-0.3, -0.25) is 4.79 Å². The molecule has 0 saturated carbocycles. The number of rotatable bonds is 20. The Balaban J connectivity index is 1.68. The molecule has 39 heavy (non-hydrogen) atoms. The molecule has 0 bridgehead atoms. The molecule has 0 atom stereocenters. The van der Waals surface area contributed by atoms with Crippen molar-refractivity contribution in [3.8, 4) is 11.5 Å². The van der Waals surface area contributed by atoms with E-state index >= 15 is 0 Å². The zero-order chi connectivity index (χ0) is 28.5. The van der Waals surface area contributed by atoms with Crippen molar-refractivity contribution in [2.45, 2.75) is 136 Å². The van der Waals surface area contributed by atoms with Crippen LogP contribution in [0.1, 0.15) is 139 Å². The lowest BCUT2D eigenvalue weighted by Gasteiger charge is -2.32. The zero-order valence-corrected chi connectivity index (χ0v) is 25.2. The molecule has 0 fully saturated rings. The summed E-state index contributed by atoms with van der Waals surface area (Å²) in [6, 6.07) is 11.2. The lowest BCUT2D eigenvalue weighted by atomic mass is 9.72. The van der Waals surface area contributed by atoms with Gasteiger partial charge in [0.15, 0.2) is 0 Å². The van der Waals surface area contributed by atoms with Crippen molar-refractivity contribution in [1.82, 2.24) is 0 Å². The number of carbonyl (C=O) groups excluding carboxylic acids is 1. The van der Waals surface area contributed by atoms with Crippen molar-refractivity contribution in [1.29, 1.82) is 0 Å². The van der Waals surface area contributed by atoms with Crippen LogP contribution in [0.2, 0.25) is 0 Å². The van der Waals surface area contributed by atoms with Crippen molar-refractivity contribution >= 4 is 5.97 Å². The third-order valence-electron chi connectivity index (χ3n) is 8.26. The maximum Gasteiger partial charge on any atom is 0.305 e. The first kappa shape index (κ1) is 32.7. The quantitative estimate of drug-likeness (QED) is 0.130. The van der Waals surface area contributed by atoms with Gasteiger partial charge in [-0.15, -0.1) is 0 Å². The summed E-state index contributed by atoms with van der Waals surface area (Å²) in [5.41, 5.74) is 3.21. The third kappa shape index (κ3) is 11.6. The van der Waals surface area contributed by atoms with Crippen molar-refractivity contribution in [2.24, 2.45) is 0 Å². The summed E-state index contributed by atoms with van der Waals surface area (Å²) >= 11 is 0. The highest BCUT2D eigenvalue weighted by Crippen LogP contribution is 2.39. The van der Waals surface area contributed by atoms with E-state index in [2.05, 4.69) is 13.8 Å². The van der Waals surface area contributed by atoms with E-state index in [1.54, 1.807) is 12.1 Å². The first-order chi connectivity index (χ1) is 18.8. The highest BCUT2D eigenvalue weighted by Gasteiger charge is 2.31. The van der Waals surface area contributed by atoms with Gasteiger partial charge >= 0.3 is 5.97 Å². The average Bonchev–Trinajstić information content (AvgIpc) is 2.92. The zero-order valence-electron chi connectivity index (χ0n) is 25.2. The lowest BCUT2D eigenvalue weighted by Crippen LogP contribution is -2.25. The minimum Gasteiger partial charge on any atom is -0.508 e. The van der Waals surface area contributed by atoms with Gasteiger partial charge in [-0.05, 0) is 61.1 Å². The molecule has 2 aromatic carbocycles. The molecule has 0 aliphatic rings. The van der Waals surface area contributed by atoms with Gasteiger partial charge in [0.2, 0.25) is 0 Å². The highest BCUT2D eigenvalue weighted by molar-refractivity contribution is 5.69. The minimum absolute atomic E-state index is 0.165. The number of phenolic OH excluding ortho intramolecular Hbond substituents is 2. The number of aromatic hydroxyl groups is 2. The molecule has 2 rings (SSSR count). The minimum atomic E-state index is -0.453. The molecule has 0 amide bonds. The van der Waals surface area contributed by atoms with Crippen molar-refractivity contribution < 1.29 is 19.7 Å². The van der Waals surface area contributed by atoms with Crippen LogP contribution >= 0.6 is 0 Å². The molecule has 4 heteroatoms. The molecule has 0 aromatic heterocycles. The number of phenols is 2. The monoisotopic (exact) mass is 538 g/mol. The molecule has 4 nitrogen and oxygen atoms in total. The summed E-state index contributed by atoms with van der Waals surface area (Å²) < 4.78 is 5.58. The Kier molecular flexibility index (Phi) is 15.1. The van der Waals surface area contributed by atoms with Crippen molar-refractivity contribution in [3.05, 3.63) is 58.7 Å². The normalized spacial score (nSPS) is 11.6. The van der Waals surface area contributed by atoms with Gasteiger partial charge in [-0.1, -0.05) is 122 Å². The summed E-state index contributed by atoms with van der Waals surface area (Å²) in [6.45, 7) is 8.64. The van der Waals surface area contributed by atoms with E-state index in [1.165, 1.54) is 77.0 Å². The molecule has 0 heterocycles. The molecular weight excluding hydrogens is 484 g/mol. The Morgan fingerprint density at radius 3 is 1.51 bits per heavy atom. The van der Waals surface area contributed by atoms with Crippen LogP contribution in [0.3, 0.4) is 0 Å². The van der Waals surface area contributed by atoms with Gasteiger partial charge in [0.1, 0.15) is 11.5 Å². The average molecular weight is 539 g/mol. The Hall–Kier alpha value is -2.49. The molecule has 0 saturated heterocycles. The molecule has 218 valence electrons. The van der Waals surface area contributed by atoms with Crippen LogP contribution in [0, 0.1) is 13.8 Å². The Bertz CT molecular complexity index is 929. The number of hydrogen-bond donors (Lipinski definition) is 2. The second-order valence-corrected chi connectivity index (χ2v) is 11.7. The molecule has 2 aromatic rings. The summed E-state index contributed by atoms with van der Waals surface area (Å²) in [5, 5.41) is 20.1. The van der Waals surface area contributed by atoms with Crippen LogP contribution in [0.4, 0.5) is 0 Å². The fourth-order valence-corrected chi connectivity index (χ4v) is 5.36. The molecule has 0 unspecified atom stereocenters. The molecular formula is C35H54O4. The number of benzene rings is 2. The van der Waals surface area contributed by atoms with Gasteiger partial charge in [0.05, 0.1) is 6.61 Å². The predicted octanol–water partition coefficient (Wildman–Crippen LogP) is 9.83. The van der Waals surface area contributed by atoms with Gasteiger partial charge in [-0.25, -0.2) is 0 Å². The van der Waals surface area contributed by atoms with E-state index in [4.69, 9.17) is 4.74 Å². The largest absolute Gasteiger partial charge is 0.508 e. The first-order valence-corrected chi connectivity index (χ1v) is 15.5. The van der Waals surface area contributed by atoms with E-state index in [1.807, 2.05) is 38.1 Å². The number of esters is 1. The van der Waals surface area contributed by atoms with Crippen LogP contribution in [0.15, 0.2) is 36.4 Å². The molecule has 0 radical (unpaired) electrons. The second-order valence-electron chi connectivity index (χ2n) is 11.7. The summed E-state index contributed by atoms with van der Waals surface area (Å²) in [4.78, 5) is 12.6. The van der Waals surface area contributed by atoms with E-state index in [9.17, 15) is 15.0 Å². The summed E-state index contributed by atoms with van der Waals surface area (Å²) in [5.74, 6) is 0.355.